The van der Waals surface area contributed by atoms with Gasteiger partial charge in [0.1, 0.15) is 0 Å². The fourth-order valence-electron chi connectivity index (χ4n) is 1.39. The third-order valence-corrected chi connectivity index (χ3v) is 3.03. The van der Waals surface area contributed by atoms with E-state index >= 15 is 0 Å². The lowest BCUT2D eigenvalue weighted by molar-refractivity contribution is 0.421. The summed E-state index contributed by atoms with van der Waals surface area (Å²) in [5, 5.41) is 3.19. The van der Waals surface area contributed by atoms with Crippen LogP contribution in [0.5, 0.6) is 5.06 Å². The summed E-state index contributed by atoms with van der Waals surface area (Å²) in [6.45, 7) is 4.54. The maximum atomic E-state index is 5.26. The number of hydrogen-bond donors (Lipinski definition) is 0. The number of aryl methyl sites for hydroxylation is 1. The summed E-state index contributed by atoms with van der Waals surface area (Å²) in [5.74, 6) is 0.810. The Balaban J connectivity index is 2.36. The van der Waals surface area contributed by atoms with Crippen molar-refractivity contribution in [1.29, 1.82) is 0 Å². The Morgan fingerprint density at radius 3 is 2.85 bits per heavy atom. The molecule has 0 fully saturated rings. The quantitative estimate of drug-likeness (QED) is 0.700. The molecule has 0 atom stereocenters. The van der Waals surface area contributed by atoms with Crippen LogP contribution in [0.25, 0.3) is 0 Å². The number of ether oxygens (including phenoxy) is 1. The van der Waals surface area contributed by atoms with Crippen LogP contribution < -0.4 is 4.74 Å². The Morgan fingerprint density at radius 2 is 2.23 bits per heavy atom. The predicted octanol–water partition coefficient (Wildman–Crippen LogP) is 3.74. The Morgan fingerprint density at radius 1 is 1.46 bits per heavy atom. The second-order valence-corrected chi connectivity index (χ2v) is 4.60. The molecule has 1 aromatic rings. The van der Waals surface area contributed by atoms with Crippen molar-refractivity contribution in [2.24, 2.45) is 5.92 Å². The van der Waals surface area contributed by atoms with Gasteiger partial charge in [0.2, 0.25) is 0 Å². The van der Waals surface area contributed by atoms with Gasteiger partial charge in [0, 0.05) is 5.56 Å². The normalized spacial score (nSPS) is 10.8. The highest BCUT2D eigenvalue weighted by molar-refractivity contribution is 7.12. The first-order valence-corrected chi connectivity index (χ1v) is 5.72. The lowest BCUT2D eigenvalue weighted by atomic mass is 10.0. The zero-order valence-electron chi connectivity index (χ0n) is 8.67. The average molecular weight is 198 g/mol. The Hall–Kier alpha value is -0.500. The summed E-state index contributed by atoms with van der Waals surface area (Å²) in [6.07, 6.45) is 3.73. The van der Waals surface area contributed by atoms with Gasteiger partial charge in [-0.25, -0.2) is 0 Å². The van der Waals surface area contributed by atoms with Crippen molar-refractivity contribution >= 4 is 11.3 Å². The molecule has 0 unspecified atom stereocenters. The molecular weight excluding hydrogens is 180 g/mol. The summed E-state index contributed by atoms with van der Waals surface area (Å²) in [6, 6.07) is 2.17. The minimum absolute atomic E-state index is 0.810. The van der Waals surface area contributed by atoms with E-state index in [1.165, 1.54) is 18.4 Å². The molecule has 0 saturated heterocycles. The van der Waals surface area contributed by atoms with Crippen molar-refractivity contribution in [1.82, 2.24) is 0 Å². The highest BCUT2D eigenvalue weighted by Gasteiger charge is 2.03. The van der Waals surface area contributed by atoms with Crippen LogP contribution in [0.4, 0.5) is 0 Å². The van der Waals surface area contributed by atoms with Crippen LogP contribution in [0.2, 0.25) is 0 Å². The lowest BCUT2D eigenvalue weighted by Gasteiger charge is -2.04. The molecule has 0 spiro atoms. The van der Waals surface area contributed by atoms with Gasteiger partial charge in [-0.05, 0) is 30.2 Å². The van der Waals surface area contributed by atoms with Crippen LogP contribution in [-0.4, -0.2) is 7.11 Å². The van der Waals surface area contributed by atoms with Crippen molar-refractivity contribution in [3.63, 3.8) is 0 Å². The molecule has 13 heavy (non-hydrogen) atoms. The fourth-order valence-corrected chi connectivity index (χ4v) is 2.16. The Labute approximate surface area is 84.7 Å². The van der Waals surface area contributed by atoms with Gasteiger partial charge < -0.3 is 4.74 Å². The van der Waals surface area contributed by atoms with Gasteiger partial charge in [0.05, 0.1) is 7.11 Å². The molecular formula is C11H18OS. The van der Waals surface area contributed by atoms with Gasteiger partial charge in [-0.1, -0.05) is 20.3 Å². The molecule has 0 aliphatic carbocycles. The molecule has 1 nitrogen and oxygen atoms in total. The molecule has 1 heterocycles. The van der Waals surface area contributed by atoms with E-state index in [1.54, 1.807) is 18.4 Å². The van der Waals surface area contributed by atoms with Crippen molar-refractivity contribution < 1.29 is 4.74 Å². The summed E-state index contributed by atoms with van der Waals surface area (Å²) in [7, 11) is 1.75. The first-order valence-electron chi connectivity index (χ1n) is 4.84. The van der Waals surface area contributed by atoms with E-state index in [4.69, 9.17) is 4.74 Å². The van der Waals surface area contributed by atoms with E-state index in [0.29, 0.717) is 0 Å². The number of methoxy groups -OCH3 is 1. The number of rotatable bonds is 5. The maximum Gasteiger partial charge on any atom is 0.176 e. The molecule has 0 aromatic carbocycles. The van der Waals surface area contributed by atoms with Crippen molar-refractivity contribution in [3.05, 3.63) is 17.0 Å². The van der Waals surface area contributed by atoms with E-state index in [-0.39, 0.29) is 0 Å². The Kier molecular flexibility index (Phi) is 4.29. The second kappa shape index (κ2) is 5.28. The third-order valence-electron chi connectivity index (χ3n) is 2.12. The molecule has 2 heteroatoms. The minimum Gasteiger partial charge on any atom is -0.487 e. The van der Waals surface area contributed by atoms with Crippen LogP contribution in [-0.2, 0) is 6.42 Å². The van der Waals surface area contributed by atoms with Gasteiger partial charge in [-0.3, -0.25) is 0 Å². The van der Waals surface area contributed by atoms with Crippen LogP contribution in [0, 0.1) is 5.92 Å². The zero-order valence-corrected chi connectivity index (χ0v) is 9.49. The number of hydrogen-bond acceptors (Lipinski definition) is 2. The summed E-state index contributed by atoms with van der Waals surface area (Å²) in [5.41, 5.74) is 1.37. The minimum atomic E-state index is 0.810. The van der Waals surface area contributed by atoms with Crippen LogP contribution in [0.15, 0.2) is 11.4 Å². The van der Waals surface area contributed by atoms with E-state index < -0.39 is 0 Å². The topological polar surface area (TPSA) is 9.23 Å². The standard InChI is InChI=1S/C11H18OS/c1-9(2)5-4-6-10-7-8-13-11(10)12-3/h7-9H,4-6H2,1-3H3. The largest absolute Gasteiger partial charge is 0.487 e. The first-order chi connectivity index (χ1) is 6.24. The molecule has 0 amide bonds. The molecule has 1 rings (SSSR count). The van der Waals surface area contributed by atoms with Crippen LogP contribution >= 0.6 is 11.3 Å². The van der Waals surface area contributed by atoms with Crippen molar-refractivity contribution in [2.75, 3.05) is 7.11 Å². The van der Waals surface area contributed by atoms with Crippen LogP contribution in [0.1, 0.15) is 32.3 Å². The van der Waals surface area contributed by atoms with Gasteiger partial charge in [0.15, 0.2) is 5.06 Å². The molecule has 0 saturated carbocycles. The van der Waals surface area contributed by atoms with Gasteiger partial charge >= 0.3 is 0 Å². The van der Waals surface area contributed by atoms with Gasteiger partial charge in [-0.2, -0.15) is 0 Å². The highest BCUT2D eigenvalue weighted by atomic mass is 32.1. The molecule has 0 radical (unpaired) electrons. The molecule has 0 aliphatic rings. The maximum absolute atomic E-state index is 5.26. The lowest BCUT2D eigenvalue weighted by Crippen LogP contribution is -1.91. The summed E-state index contributed by atoms with van der Waals surface area (Å²) < 4.78 is 5.26. The third kappa shape index (κ3) is 3.39. The SMILES string of the molecule is COc1sccc1CCCC(C)C. The van der Waals surface area contributed by atoms with Gasteiger partial charge in [-0.15, -0.1) is 11.3 Å². The monoisotopic (exact) mass is 198 g/mol. The van der Waals surface area contributed by atoms with Crippen molar-refractivity contribution in [2.45, 2.75) is 33.1 Å². The smallest absolute Gasteiger partial charge is 0.176 e. The van der Waals surface area contributed by atoms with Crippen LogP contribution in [0.3, 0.4) is 0 Å². The number of thiophene rings is 1. The van der Waals surface area contributed by atoms with Gasteiger partial charge in [0.25, 0.3) is 0 Å². The first kappa shape index (κ1) is 10.6. The molecule has 1 aromatic heterocycles. The Bertz CT molecular complexity index is 240. The van der Waals surface area contributed by atoms with E-state index in [9.17, 15) is 0 Å². The van der Waals surface area contributed by atoms with E-state index in [2.05, 4.69) is 25.3 Å². The fraction of sp³-hybridized carbons (Fsp3) is 0.636. The average Bonchev–Trinajstić information content (AvgIpc) is 2.51. The zero-order chi connectivity index (χ0) is 9.68. The molecule has 74 valence electrons. The highest BCUT2D eigenvalue weighted by Crippen LogP contribution is 2.27. The molecule has 0 N–H and O–H groups in total. The molecule has 0 bridgehead atoms. The van der Waals surface area contributed by atoms with E-state index in [1.807, 2.05) is 0 Å². The summed E-state index contributed by atoms with van der Waals surface area (Å²) in [4.78, 5) is 0. The van der Waals surface area contributed by atoms with Crippen molar-refractivity contribution in [3.8, 4) is 5.06 Å². The summed E-state index contributed by atoms with van der Waals surface area (Å²) >= 11 is 1.69. The predicted molar refractivity (Wildman–Crippen MR) is 58.6 cm³/mol. The second-order valence-electron chi connectivity index (χ2n) is 3.72. The van der Waals surface area contributed by atoms with E-state index in [0.717, 1.165) is 17.4 Å². The molecule has 0 aliphatic heterocycles.